The molecule has 1 aromatic heterocycles. The maximum absolute atomic E-state index is 11.7. The van der Waals surface area contributed by atoms with E-state index in [9.17, 15) is 9.59 Å². The number of rotatable bonds is 6. The number of carbonyl (C=O) groups excluding carboxylic acids is 1. The minimum Gasteiger partial charge on any atom is -0.481 e. The second kappa shape index (κ2) is 7.09. The van der Waals surface area contributed by atoms with Crippen LogP contribution in [0, 0.1) is 0 Å². The van der Waals surface area contributed by atoms with Crippen molar-refractivity contribution < 1.29 is 23.8 Å². The van der Waals surface area contributed by atoms with Crippen molar-refractivity contribution in [1.82, 2.24) is 10.3 Å². The molecule has 2 rings (SSSR count). The quantitative estimate of drug-likeness (QED) is 0.844. The first kappa shape index (κ1) is 14.6. The first-order valence-electron chi connectivity index (χ1n) is 6.22. The van der Waals surface area contributed by atoms with Crippen molar-refractivity contribution >= 4 is 12.1 Å². The molecule has 2 aromatic rings. The number of carboxylic acid groups (broad SMARTS) is 1. The van der Waals surface area contributed by atoms with Gasteiger partial charge >= 0.3 is 12.1 Å². The van der Waals surface area contributed by atoms with Crippen molar-refractivity contribution in [2.45, 2.75) is 19.1 Å². The highest BCUT2D eigenvalue weighted by molar-refractivity contribution is 5.71. The van der Waals surface area contributed by atoms with Crippen LogP contribution in [0.15, 0.2) is 47.3 Å². The summed E-state index contributed by atoms with van der Waals surface area (Å²) in [6, 6.07) is 8.33. The molecule has 1 heterocycles. The average molecular weight is 290 g/mol. The van der Waals surface area contributed by atoms with Crippen molar-refractivity contribution in [3.8, 4) is 0 Å². The molecule has 7 nitrogen and oxygen atoms in total. The van der Waals surface area contributed by atoms with Crippen molar-refractivity contribution in [2.24, 2.45) is 0 Å². The van der Waals surface area contributed by atoms with Crippen LogP contribution in [0.25, 0.3) is 0 Å². The number of aliphatic carboxylic acids is 1. The summed E-state index contributed by atoms with van der Waals surface area (Å²) < 4.78 is 10.0. The molecule has 110 valence electrons. The number of amides is 1. The summed E-state index contributed by atoms with van der Waals surface area (Å²) in [6.45, 7) is 0.100. The summed E-state index contributed by atoms with van der Waals surface area (Å²) in [6.07, 6.45) is 1.48. The van der Waals surface area contributed by atoms with Crippen LogP contribution >= 0.6 is 0 Å². The predicted molar refractivity (Wildman–Crippen MR) is 71.3 cm³/mol. The molecule has 2 N–H and O–H groups in total. The summed E-state index contributed by atoms with van der Waals surface area (Å²) in [5.41, 5.74) is 0.835. The Hall–Kier alpha value is -2.83. The van der Waals surface area contributed by atoms with Crippen LogP contribution in [0.2, 0.25) is 0 Å². The van der Waals surface area contributed by atoms with Crippen LogP contribution < -0.4 is 5.32 Å². The van der Waals surface area contributed by atoms with Gasteiger partial charge in [-0.2, -0.15) is 0 Å². The lowest BCUT2D eigenvalue weighted by molar-refractivity contribution is -0.137. The van der Waals surface area contributed by atoms with Crippen LogP contribution in [0.1, 0.15) is 23.8 Å². The molecule has 0 aliphatic rings. The fourth-order valence-corrected chi connectivity index (χ4v) is 1.70. The van der Waals surface area contributed by atoms with Crippen molar-refractivity contribution in [1.29, 1.82) is 0 Å². The molecule has 0 bridgehead atoms. The van der Waals surface area contributed by atoms with E-state index in [-0.39, 0.29) is 18.8 Å². The topological polar surface area (TPSA) is 102 Å². The number of carbonyl (C=O) groups is 2. The Balaban J connectivity index is 1.90. The van der Waals surface area contributed by atoms with Crippen LogP contribution in [-0.2, 0) is 16.1 Å². The number of hydrogen-bond donors (Lipinski definition) is 2. The molecule has 0 saturated heterocycles. The number of hydrogen-bond acceptors (Lipinski definition) is 5. The minimum absolute atomic E-state index is 0.100. The fourth-order valence-electron chi connectivity index (χ4n) is 1.70. The molecule has 0 unspecified atom stereocenters. The molecule has 1 aromatic carbocycles. The maximum Gasteiger partial charge on any atom is 0.408 e. The van der Waals surface area contributed by atoms with E-state index in [1.165, 1.54) is 12.6 Å². The summed E-state index contributed by atoms with van der Waals surface area (Å²) >= 11 is 0. The Morgan fingerprint density at radius 1 is 1.33 bits per heavy atom. The average Bonchev–Trinajstić information content (AvgIpc) is 2.99. The van der Waals surface area contributed by atoms with E-state index in [1.807, 2.05) is 30.3 Å². The van der Waals surface area contributed by atoms with Crippen molar-refractivity contribution in [3.63, 3.8) is 0 Å². The van der Waals surface area contributed by atoms with Gasteiger partial charge in [0.1, 0.15) is 18.4 Å². The number of nitrogens with zero attached hydrogens (tertiary/aromatic N) is 1. The van der Waals surface area contributed by atoms with Crippen LogP contribution in [0.3, 0.4) is 0 Å². The molecule has 0 radical (unpaired) electrons. The van der Waals surface area contributed by atoms with E-state index in [1.54, 1.807) is 0 Å². The maximum atomic E-state index is 11.7. The molecule has 0 aliphatic heterocycles. The van der Waals surface area contributed by atoms with E-state index >= 15 is 0 Å². The van der Waals surface area contributed by atoms with E-state index in [0.29, 0.717) is 0 Å². The summed E-state index contributed by atoms with van der Waals surface area (Å²) in [7, 11) is 0. The Labute approximate surface area is 120 Å². The summed E-state index contributed by atoms with van der Waals surface area (Å²) in [4.78, 5) is 26.2. The molecular formula is C14H14N2O5. The number of benzene rings is 1. The van der Waals surface area contributed by atoms with Gasteiger partial charge in [0.2, 0.25) is 0 Å². The number of alkyl carbamates (subject to hydrolysis) is 1. The highest BCUT2D eigenvalue weighted by Gasteiger charge is 2.21. The second-order valence-corrected chi connectivity index (χ2v) is 4.26. The molecular weight excluding hydrogens is 276 g/mol. The lowest BCUT2D eigenvalue weighted by Crippen LogP contribution is -2.30. The number of aromatic nitrogens is 1. The molecule has 1 atom stereocenters. The van der Waals surface area contributed by atoms with Crippen LogP contribution in [0.4, 0.5) is 4.79 Å². The molecule has 7 heteroatoms. The monoisotopic (exact) mass is 290 g/mol. The van der Waals surface area contributed by atoms with Gasteiger partial charge in [0, 0.05) is 0 Å². The number of carboxylic acids is 1. The molecule has 21 heavy (non-hydrogen) atoms. The smallest absolute Gasteiger partial charge is 0.408 e. The third-order valence-electron chi connectivity index (χ3n) is 2.68. The van der Waals surface area contributed by atoms with Gasteiger partial charge in [0.25, 0.3) is 0 Å². The molecule has 0 spiro atoms. The number of ether oxygens (including phenoxy) is 1. The first-order chi connectivity index (χ1) is 10.1. The van der Waals surface area contributed by atoms with E-state index in [0.717, 1.165) is 5.56 Å². The zero-order chi connectivity index (χ0) is 15.1. The first-order valence-corrected chi connectivity index (χ1v) is 6.22. The highest BCUT2D eigenvalue weighted by Crippen LogP contribution is 2.16. The standard InChI is InChI=1S/C14H14N2O5/c17-13(18)6-11(12-7-15-9-21-12)16-14(19)20-8-10-4-2-1-3-5-10/h1-5,7,9,11H,6,8H2,(H,16,19)(H,17,18)/t11-/m0/s1. The second-order valence-electron chi connectivity index (χ2n) is 4.26. The largest absolute Gasteiger partial charge is 0.481 e. The van der Waals surface area contributed by atoms with Gasteiger partial charge in [-0.1, -0.05) is 30.3 Å². The van der Waals surface area contributed by atoms with Gasteiger partial charge < -0.3 is 19.6 Å². The SMILES string of the molecule is O=C(O)C[C@H](NC(=O)OCc1ccccc1)c1cnco1. The Morgan fingerprint density at radius 3 is 2.71 bits per heavy atom. The van der Waals surface area contributed by atoms with Crippen molar-refractivity contribution in [2.75, 3.05) is 0 Å². The number of oxazole rings is 1. The van der Waals surface area contributed by atoms with E-state index in [2.05, 4.69) is 10.3 Å². The normalized spacial score (nSPS) is 11.6. The zero-order valence-corrected chi connectivity index (χ0v) is 11.1. The van der Waals surface area contributed by atoms with Crippen molar-refractivity contribution in [3.05, 3.63) is 54.2 Å². The van der Waals surface area contributed by atoms with Crippen LogP contribution in [0.5, 0.6) is 0 Å². The van der Waals surface area contributed by atoms with Gasteiger partial charge in [0.05, 0.1) is 12.6 Å². The summed E-state index contributed by atoms with van der Waals surface area (Å²) in [5, 5.41) is 11.3. The Morgan fingerprint density at radius 2 is 2.10 bits per heavy atom. The minimum atomic E-state index is -1.07. The lowest BCUT2D eigenvalue weighted by Gasteiger charge is -2.14. The third kappa shape index (κ3) is 4.64. The van der Waals surface area contributed by atoms with Gasteiger partial charge in [-0.05, 0) is 5.56 Å². The molecule has 0 aliphatic carbocycles. The Kier molecular flexibility index (Phi) is 4.92. The van der Waals surface area contributed by atoms with Gasteiger partial charge in [-0.3, -0.25) is 4.79 Å². The number of nitrogens with one attached hydrogen (secondary N) is 1. The zero-order valence-electron chi connectivity index (χ0n) is 11.1. The van der Waals surface area contributed by atoms with Gasteiger partial charge in [-0.25, -0.2) is 9.78 Å². The molecule has 0 fully saturated rings. The Bertz CT molecular complexity index is 583. The van der Waals surface area contributed by atoms with E-state index in [4.69, 9.17) is 14.3 Å². The van der Waals surface area contributed by atoms with Gasteiger partial charge in [0.15, 0.2) is 6.39 Å². The fraction of sp³-hybridized carbons (Fsp3) is 0.214. The van der Waals surface area contributed by atoms with E-state index < -0.39 is 18.1 Å². The third-order valence-corrected chi connectivity index (χ3v) is 2.68. The lowest BCUT2D eigenvalue weighted by atomic mass is 10.2. The summed E-state index contributed by atoms with van der Waals surface area (Å²) in [5.74, 6) is -0.811. The highest BCUT2D eigenvalue weighted by atomic mass is 16.5. The van der Waals surface area contributed by atoms with Crippen LogP contribution in [-0.4, -0.2) is 22.2 Å². The molecule has 1 amide bonds. The van der Waals surface area contributed by atoms with Gasteiger partial charge in [-0.15, -0.1) is 0 Å². The predicted octanol–water partition coefficient (Wildman–Crippen LogP) is 2.12. The molecule has 0 saturated carbocycles.